The van der Waals surface area contributed by atoms with Crippen molar-refractivity contribution >= 4 is 35.5 Å². The molecule has 0 fully saturated rings. The summed E-state index contributed by atoms with van der Waals surface area (Å²) in [6.45, 7) is 0. The topological polar surface area (TPSA) is 129 Å². The number of hydrazone groups is 1. The summed E-state index contributed by atoms with van der Waals surface area (Å²) >= 11 is 1.69. The number of aromatic nitrogens is 2. The second-order valence-corrected chi connectivity index (χ2v) is 10.2. The first-order valence-corrected chi connectivity index (χ1v) is 14.0. The fraction of sp³-hybridized carbons (Fsp3) is 0.161. The molecule has 0 spiro atoms. The van der Waals surface area contributed by atoms with Gasteiger partial charge in [-0.1, -0.05) is 36.4 Å². The molecule has 208 valence electrons. The molecule has 1 aliphatic heterocycles. The van der Waals surface area contributed by atoms with Gasteiger partial charge in [0.15, 0.2) is 17.3 Å². The molecule has 10 heteroatoms. The van der Waals surface area contributed by atoms with Gasteiger partial charge in [0, 0.05) is 40.9 Å². The molecule has 0 saturated carbocycles. The number of ether oxygens (including phenoxy) is 2. The van der Waals surface area contributed by atoms with Gasteiger partial charge >= 0.3 is 0 Å². The second-order valence-electron chi connectivity index (χ2n) is 9.30. The highest BCUT2D eigenvalue weighted by Gasteiger charge is 2.26. The van der Waals surface area contributed by atoms with Gasteiger partial charge in [0.05, 0.1) is 26.0 Å². The standard InChI is InChI=1S/C31H30N6O3S/c1-39-27-16-19(14-22-17-34-31(33)36-30(22)32)15-25(29(27)40-2)26(38)12-13-37-28(20-8-10-23(41-3)11-9-20)24-7-5-4-6-21(24)18-35-37/h4-13,15-18,28H,14H2,1-3H3,(H4,32,33,34,36)/b13-12+. The minimum Gasteiger partial charge on any atom is -0.493 e. The number of allylic oxidation sites excluding steroid dienone is 1. The minimum atomic E-state index is -0.269. The maximum absolute atomic E-state index is 13.7. The van der Waals surface area contributed by atoms with Crippen LogP contribution in [0.5, 0.6) is 11.5 Å². The number of nitrogens with two attached hydrogens (primary N) is 2. The molecule has 0 aliphatic carbocycles. The van der Waals surface area contributed by atoms with Crippen molar-refractivity contribution in [3.8, 4) is 11.5 Å². The maximum Gasteiger partial charge on any atom is 0.221 e. The molecule has 2 heterocycles. The van der Waals surface area contributed by atoms with E-state index in [9.17, 15) is 4.79 Å². The normalized spacial score (nSPS) is 14.2. The van der Waals surface area contributed by atoms with E-state index < -0.39 is 0 Å². The number of benzene rings is 3. The van der Waals surface area contributed by atoms with Crippen LogP contribution in [0.4, 0.5) is 11.8 Å². The van der Waals surface area contributed by atoms with Crippen LogP contribution in [-0.4, -0.2) is 47.5 Å². The van der Waals surface area contributed by atoms with Crippen LogP contribution in [0.2, 0.25) is 0 Å². The Bertz CT molecular complexity index is 1640. The highest BCUT2D eigenvalue weighted by atomic mass is 32.2. The number of thioether (sulfide) groups is 1. The van der Waals surface area contributed by atoms with Crippen LogP contribution in [-0.2, 0) is 6.42 Å². The van der Waals surface area contributed by atoms with Crippen molar-refractivity contribution in [2.75, 3.05) is 31.9 Å². The molecule has 4 N–H and O–H groups in total. The number of rotatable bonds is 9. The summed E-state index contributed by atoms with van der Waals surface area (Å²) < 4.78 is 11.2. The van der Waals surface area contributed by atoms with E-state index in [0.29, 0.717) is 29.0 Å². The lowest BCUT2D eigenvalue weighted by Crippen LogP contribution is -2.25. The van der Waals surface area contributed by atoms with Gasteiger partial charge in [-0.15, -0.1) is 11.8 Å². The van der Waals surface area contributed by atoms with Crippen LogP contribution in [0.3, 0.4) is 0 Å². The van der Waals surface area contributed by atoms with Gasteiger partial charge in [-0.25, -0.2) is 4.98 Å². The van der Waals surface area contributed by atoms with Crippen molar-refractivity contribution in [2.45, 2.75) is 17.4 Å². The fourth-order valence-electron chi connectivity index (χ4n) is 4.79. The number of hydrogen-bond donors (Lipinski definition) is 2. The van der Waals surface area contributed by atoms with E-state index >= 15 is 0 Å². The monoisotopic (exact) mass is 566 g/mol. The van der Waals surface area contributed by atoms with Gasteiger partial charge < -0.3 is 20.9 Å². The summed E-state index contributed by atoms with van der Waals surface area (Å²) in [4.78, 5) is 22.9. The number of fused-ring (bicyclic) bond motifs is 1. The third-order valence-electron chi connectivity index (χ3n) is 6.81. The number of nitrogen functional groups attached to an aromatic ring is 2. The average molecular weight is 567 g/mol. The highest BCUT2D eigenvalue weighted by molar-refractivity contribution is 7.98. The van der Waals surface area contributed by atoms with Gasteiger partial charge in [-0.2, -0.15) is 10.1 Å². The number of carbonyl (C=O) groups is 1. The van der Waals surface area contributed by atoms with Crippen molar-refractivity contribution in [3.63, 3.8) is 0 Å². The fourth-order valence-corrected chi connectivity index (χ4v) is 5.20. The van der Waals surface area contributed by atoms with E-state index in [1.807, 2.05) is 24.5 Å². The lowest BCUT2D eigenvalue weighted by atomic mass is 9.93. The Kier molecular flexibility index (Phi) is 8.21. The van der Waals surface area contributed by atoms with Gasteiger partial charge in [0.2, 0.25) is 5.95 Å². The van der Waals surface area contributed by atoms with E-state index in [2.05, 4.69) is 45.4 Å². The lowest BCUT2D eigenvalue weighted by molar-refractivity contribution is 0.104. The Hall–Kier alpha value is -4.83. The van der Waals surface area contributed by atoms with Gasteiger partial charge in [-0.3, -0.25) is 9.80 Å². The summed E-state index contributed by atoms with van der Waals surface area (Å²) in [5.74, 6) is 0.868. The van der Waals surface area contributed by atoms with Crippen molar-refractivity contribution in [1.29, 1.82) is 0 Å². The number of nitrogens with zero attached hydrogens (tertiary/aromatic N) is 4. The Labute approximate surface area is 242 Å². The lowest BCUT2D eigenvalue weighted by Gasteiger charge is -2.31. The van der Waals surface area contributed by atoms with Gasteiger partial charge in [0.1, 0.15) is 11.9 Å². The van der Waals surface area contributed by atoms with Crippen LogP contribution in [0, 0.1) is 0 Å². The predicted octanol–water partition coefficient (Wildman–Crippen LogP) is 5.11. The summed E-state index contributed by atoms with van der Waals surface area (Å²) in [6, 6.07) is 19.9. The minimum absolute atomic E-state index is 0.0982. The van der Waals surface area contributed by atoms with Crippen molar-refractivity contribution in [2.24, 2.45) is 5.10 Å². The third kappa shape index (κ3) is 5.87. The molecular formula is C31H30N6O3S. The maximum atomic E-state index is 13.7. The van der Waals surface area contributed by atoms with Crippen LogP contribution in [0.1, 0.15) is 44.2 Å². The first kappa shape index (κ1) is 27.7. The Morgan fingerprint density at radius 3 is 2.56 bits per heavy atom. The highest BCUT2D eigenvalue weighted by Crippen LogP contribution is 2.36. The SMILES string of the molecule is COc1cc(Cc2cnc(N)nc2N)cc(C(=O)/C=C/N2N=Cc3ccccc3C2c2ccc(SC)cc2)c1OC. The molecule has 41 heavy (non-hydrogen) atoms. The zero-order chi connectivity index (χ0) is 28.9. The van der Waals surface area contributed by atoms with E-state index in [0.717, 1.165) is 22.3 Å². The number of methoxy groups -OCH3 is 2. The smallest absolute Gasteiger partial charge is 0.221 e. The molecule has 1 aromatic heterocycles. The quantitative estimate of drug-likeness (QED) is 0.161. The molecular weight excluding hydrogens is 536 g/mol. The molecule has 1 atom stereocenters. The van der Waals surface area contributed by atoms with Gasteiger partial charge in [0.25, 0.3) is 0 Å². The van der Waals surface area contributed by atoms with E-state index in [-0.39, 0.29) is 23.6 Å². The first-order chi connectivity index (χ1) is 19.9. The summed E-state index contributed by atoms with van der Waals surface area (Å²) in [5.41, 5.74) is 16.7. The summed E-state index contributed by atoms with van der Waals surface area (Å²) in [6.07, 6.45) is 9.00. The van der Waals surface area contributed by atoms with Crippen molar-refractivity contribution < 1.29 is 14.3 Å². The molecule has 0 saturated heterocycles. The van der Waals surface area contributed by atoms with Crippen LogP contribution in [0.15, 0.2) is 89.1 Å². The molecule has 4 aromatic rings. The largest absolute Gasteiger partial charge is 0.493 e. The molecule has 0 bridgehead atoms. The van der Waals surface area contributed by atoms with Crippen LogP contribution >= 0.6 is 11.8 Å². The first-order valence-electron chi connectivity index (χ1n) is 12.8. The van der Waals surface area contributed by atoms with E-state index in [4.69, 9.17) is 20.9 Å². The molecule has 5 rings (SSSR count). The Morgan fingerprint density at radius 1 is 1.07 bits per heavy atom. The molecule has 1 unspecified atom stereocenters. The number of ketones is 1. The summed E-state index contributed by atoms with van der Waals surface area (Å²) in [7, 11) is 3.03. The van der Waals surface area contributed by atoms with Gasteiger partial charge in [-0.05, 0) is 47.2 Å². The van der Waals surface area contributed by atoms with E-state index in [1.54, 1.807) is 47.5 Å². The number of hydrogen-bond acceptors (Lipinski definition) is 10. The Balaban J connectivity index is 1.49. The van der Waals surface area contributed by atoms with Crippen LogP contribution < -0.4 is 20.9 Å². The number of carbonyl (C=O) groups excluding carboxylic acids is 1. The average Bonchev–Trinajstić information content (AvgIpc) is 3.00. The molecule has 3 aromatic carbocycles. The van der Waals surface area contributed by atoms with E-state index in [1.165, 1.54) is 25.2 Å². The van der Waals surface area contributed by atoms with Crippen molar-refractivity contribution in [1.82, 2.24) is 15.0 Å². The number of anilines is 2. The molecule has 9 nitrogen and oxygen atoms in total. The zero-order valence-electron chi connectivity index (χ0n) is 22.9. The molecule has 1 aliphatic rings. The predicted molar refractivity (Wildman–Crippen MR) is 163 cm³/mol. The third-order valence-corrected chi connectivity index (χ3v) is 7.55. The molecule has 0 amide bonds. The van der Waals surface area contributed by atoms with Crippen LogP contribution in [0.25, 0.3) is 0 Å². The van der Waals surface area contributed by atoms with Crippen molar-refractivity contribution in [3.05, 3.63) is 113 Å². The molecule has 0 radical (unpaired) electrons. The second kappa shape index (κ2) is 12.1. The Morgan fingerprint density at radius 2 is 1.85 bits per heavy atom. The summed E-state index contributed by atoms with van der Waals surface area (Å²) in [5, 5.41) is 6.47. The zero-order valence-corrected chi connectivity index (χ0v) is 23.8.